The fourth-order valence-electron chi connectivity index (χ4n) is 3.98. The summed E-state index contributed by atoms with van der Waals surface area (Å²) in [5, 5.41) is 0. The van der Waals surface area contributed by atoms with Crippen LogP contribution in [0.3, 0.4) is 0 Å². The molecule has 6 heteroatoms. The van der Waals surface area contributed by atoms with Crippen LogP contribution in [0.4, 0.5) is 8.78 Å². The molecule has 0 aliphatic carbocycles. The highest BCUT2D eigenvalue weighted by Gasteiger charge is 2.20. The van der Waals surface area contributed by atoms with Crippen LogP contribution < -0.4 is 0 Å². The summed E-state index contributed by atoms with van der Waals surface area (Å²) in [5.74, 6) is -0.687. The Labute approximate surface area is 184 Å². The molecule has 0 atom stereocenters. The lowest BCUT2D eigenvalue weighted by atomic mass is 10.0. The molecule has 0 fully saturated rings. The molecule has 160 valence electrons. The van der Waals surface area contributed by atoms with Crippen LogP contribution in [0.25, 0.3) is 44.9 Å². The number of hydrogen-bond acceptors (Lipinski definition) is 2. The molecule has 0 spiro atoms. The van der Waals surface area contributed by atoms with Crippen LogP contribution in [0.1, 0.15) is 13.8 Å². The molecular formula is C26H22F2N4. The number of halogens is 2. The minimum Gasteiger partial charge on any atom is -0.337 e. The Morgan fingerprint density at radius 2 is 1.66 bits per heavy atom. The Bertz CT molecular complexity index is 1380. The Morgan fingerprint density at radius 1 is 0.906 bits per heavy atom. The van der Waals surface area contributed by atoms with Gasteiger partial charge < -0.3 is 9.55 Å². The number of imidazole rings is 2. The second-order valence-electron chi connectivity index (χ2n) is 8.27. The van der Waals surface area contributed by atoms with Crippen molar-refractivity contribution in [1.82, 2.24) is 19.5 Å². The first kappa shape index (κ1) is 20.1. The third-order valence-corrected chi connectivity index (χ3v) is 5.42. The molecule has 0 saturated heterocycles. The molecule has 0 bridgehead atoms. The van der Waals surface area contributed by atoms with Gasteiger partial charge in [0.25, 0.3) is 0 Å². The standard InChI is InChI=1S/C26H22F2N4/c1-16(2)14-32-15-29-21-12-11-18(13-22(21)32)25-24(17-7-4-3-5-8-17)30-26(31-25)23-19(27)9-6-10-20(23)28/h3-13,15-16H,14H2,1-2H3,(H,30,31). The molecule has 0 unspecified atom stereocenters. The summed E-state index contributed by atoms with van der Waals surface area (Å²) in [6, 6.07) is 19.4. The van der Waals surface area contributed by atoms with Crippen molar-refractivity contribution >= 4 is 11.0 Å². The number of H-pyrrole nitrogens is 1. The van der Waals surface area contributed by atoms with Gasteiger partial charge in [-0.25, -0.2) is 18.7 Å². The Balaban J connectivity index is 1.72. The van der Waals surface area contributed by atoms with E-state index in [1.54, 1.807) is 0 Å². The van der Waals surface area contributed by atoms with Gasteiger partial charge >= 0.3 is 0 Å². The van der Waals surface area contributed by atoms with Crippen molar-refractivity contribution in [2.45, 2.75) is 20.4 Å². The summed E-state index contributed by atoms with van der Waals surface area (Å²) in [6.45, 7) is 5.16. The van der Waals surface area contributed by atoms with Crippen molar-refractivity contribution in [2.24, 2.45) is 5.92 Å². The van der Waals surface area contributed by atoms with Crippen molar-refractivity contribution in [3.63, 3.8) is 0 Å². The maximum Gasteiger partial charge on any atom is 0.144 e. The summed E-state index contributed by atoms with van der Waals surface area (Å²) >= 11 is 0. The fraction of sp³-hybridized carbons (Fsp3) is 0.154. The lowest BCUT2D eigenvalue weighted by molar-refractivity contribution is 0.533. The minimum absolute atomic E-state index is 0.158. The van der Waals surface area contributed by atoms with Gasteiger partial charge in [-0.05, 0) is 30.2 Å². The highest BCUT2D eigenvalue weighted by molar-refractivity contribution is 5.87. The normalized spacial score (nSPS) is 11.5. The van der Waals surface area contributed by atoms with Gasteiger partial charge in [-0.3, -0.25) is 0 Å². The predicted molar refractivity (Wildman–Crippen MR) is 123 cm³/mol. The molecule has 0 radical (unpaired) electrons. The second kappa shape index (κ2) is 8.04. The maximum atomic E-state index is 14.5. The van der Waals surface area contributed by atoms with Gasteiger partial charge in [-0.2, -0.15) is 0 Å². The molecule has 32 heavy (non-hydrogen) atoms. The molecule has 1 N–H and O–H groups in total. The number of hydrogen-bond donors (Lipinski definition) is 1. The number of fused-ring (bicyclic) bond motifs is 1. The highest BCUT2D eigenvalue weighted by Crippen LogP contribution is 2.35. The van der Waals surface area contributed by atoms with Gasteiger partial charge in [0.05, 0.1) is 34.3 Å². The van der Waals surface area contributed by atoms with Gasteiger partial charge in [-0.15, -0.1) is 0 Å². The Kier molecular flexibility index (Phi) is 5.05. The first-order valence-electron chi connectivity index (χ1n) is 10.6. The van der Waals surface area contributed by atoms with Gasteiger partial charge in [0.1, 0.15) is 17.5 Å². The number of nitrogens with one attached hydrogen (secondary N) is 1. The average Bonchev–Trinajstić information content (AvgIpc) is 3.38. The van der Waals surface area contributed by atoms with Crippen LogP contribution >= 0.6 is 0 Å². The molecule has 2 aromatic heterocycles. The van der Waals surface area contributed by atoms with E-state index in [0.717, 1.165) is 28.7 Å². The van der Waals surface area contributed by atoms with E-state index in [-0.39, 0.29) is 11.4 Å². The van der Waals surface area contributed by atoms with Crippen molar-refractivity contribution in [2.75, 3.05) is 0 Å². The van der Waals surface area contributed by atoms with Gasteiger partial charge in [-0.1, -0.05) is 56.3 Å². The zero-order chi connectivity index (χ0) is 22.2. The van der Waals surface area contributed by atoms with Crippen molar-refractivity contribution < 1.29 is 8.78 Å². The van der Waals surface area contributed by atoms with Crippen molar-refractivity contribution in [1.29, 1.82) is 0 Å². The van der Waals surface area contributed by atoms with E-state index in [4.69, 9.17) is 0 Å². The lowest BCUT2D eigenvalue weighted by Crippen LogP contribution is -2.02. The van der Waals surface area contributed by atoms with Crippen LogP contribution in [0.15, 0.2) is 73.1 Å². The first-order valence-corrected chi connectivity index (χ1v) is 10.6. The molecule has 2 heterocycles. The van der Waals surface area contributed by atoms with Crippen LogP contribution in [-0.4, -0.2) is 19.5 Å². The summed E-state index contributed by atoms with van der Waals surface area (Å²) in [4.78, 5) is 12.3. The molecule has 5 aromatic rings. The quantitative estimate of drug-likeness (QED) is 0.339. The highest BCUT2D eigenvalue weighted by atomic mass is 19.1. The first-order chi connectivity index (χ1) is 15.5. The van der Waals surface area contributed by atoms with E-state index in [9.17, 15) is 8.78 Å². The molecule has 0 aliphatic heterocycles. The van der Waals surface area contributed by atoms with E-state index < -0.39 is 11.6 Å². The topological polar surface area (TPSA) is 46.5 Å². The van der Waals surface area contributed by atoms with E-state index in [1.807, 2.05) is 54.9 Å². The Hall–Kier alpha value is -3.80. The number of aromatic nitrogens is 4. The maximum absolute atomic E-state index is 14.5. The Morgan fingerprint density at radius 3 is 2.38 bits per heavy atom. The van der Waals surface area contributed by atoms with Gasteiger partial charge in [0.2, 0.25) is 0 Å². The van der Waals surface area contributed by atoms with Crippen LogP contribution in [0, 0.1) is 17.6 Å². The molecular weight excluding hydrogens is 406 g/mol. The third-order valence-electron chi connectivity index (χ3n) is 5.42. The fourth-order valence-corrected chi connectivity index (χ4v) is 3.98. The smallest absolute Gasteiger partial charge is 0.144 e. The summed E-state index contributed by atoms with van der Waals surface area (Å²) in [5.41, 5.74) is 4.80. The second-order valence-corrected chi connectivity index (χ2v) is 8.27. The monoisotopic (exact) mass is 428 g/mol. The average molecular weight is 428 g/mol. The van der Waals surface area contributed by atoms with E-state index in [2.05, 4.69) is 33.4 Å². The van der Waals surface area contributed by atoms with E-state index in [0.29, 0.717) is 17.3 Å². The summed E-state index contributed by atoms with van der Waals surface area (Å²) in [7, 11) is 0. The number of aromatic amines is 1. The SMILES string of the molecule is CC(C)Cn1cnc2ccc(-c3nc(-c4c(F)cccc4F)[nH]c3-c3ccccc3)cc21. The number of rotatable bonds is 5. The predicted octanol–water partition coefficient (Wildman–Crippen LogP) is 6.69. The zero-order valence-electron chi connectivity index (χ0n) is 17.8. The van der Waals surface area contributed by atoms with E-state index >= 15 is 0 Å². The molecule has 5 rings (SSSR count). The van der Waals surface area contributed by atoms with Gasteiger partial charge in [0.15, 0.2) is 0 Å². The molecule has 0 amide bonds. The number of nitrogens with zero attached hydrogens (tertiary/aromatic N) is 3. The molecule has 3 aromatic carbocycles. The molecule has 0 saturated carbocycles. The van der Waals surface area contributed by atoms with Crippen molar-refractivity contribution in [3.05, 3.63) is 84.7 Å². The van der Waals surface area contributed by atoms with Crippen LogP contribution in [0.2, 0.25) is 0 Å². The van der Waals surface area contributed by atoms with Crippen molar-refractivity contribution in [3.8, 4) is 33.9 Å². The minimum atomic E-state index is -0.657. The lowest BCUT2D eigenvalue weighted by Gasteiger charge is -2.08. The summed E-state index contributed by atoms with van der Waals surface area (Å²) in [6.07, 6.45) is 1.84. The molecule has 0 aliphatic rings. The molecule has 4 nitrogen and oxygen atoms in total. The summed E-state index contributed by atoms with van der Waals surface area (Å²) < 4.78 is 31.1. The number of benzene rings is 3. The van der Waals surface area contributed by atoms with Gasteiger partial charge in [0, 0.05) is 17.7 Å². The zero-order valence-corrected chi connectivity index (χ0v) is 17.8. The third kappa shape index (κ3) is 3.58. The van der Waals surface area contributed by atoms with Crippen LogP contribution in [-0.2, 0) is 6.54 Å². The van der Waals surface area contributed by atoms with E-state index in [1.165, 1.54) is 18.2 Å². The largest absolute Gasteiger partial charge is 0.337 e. The van der Waals surface area contributed by atoms with Crippen LogP contribution in [0.5, 0.6) is 0 Å².